The van der Waals surface area contributed by atoms with Crippen molar-refractivity contribution in [2.24, 2.45) is 0 Å². The van der Waals surface area contributed by atoms with Crippen molar-refractivity contribution in [3.8, 4) is 11.5 Å². The van der Waals surface area contributed by atoms with Crippen LogP contribution in [0.3, 0.4) is 0 Å². The molecule has 0 aromatic heterocycles. The van der Waals surface area contributed by atoms with E-state index >= 15 is 0 Å². The van der Waals surface area contributed by atoms with E-state index in [2.05, 4.69) is 11.9 Å². The van der Waals surface area contributed by atoms with Gasteiger partial charge < -0.3 is 9.47 Å². The Labute approximate surface area is 191 Å². The van der Waals surface area contributed by atoms with Crippen LogP contribution in [0.4, 0.5) is 10.5 Å². The van der Waals surface area contributed by atoms with E-state index in [1.165, 1.54) is 12.1 Å². The monoisotopic (exact) mass is 454 g/mol. The predicted octanol–water partition coefficient (Wildman–Crippen LogP) is 4.53. The molecular formula is C24H23ClN2O5. The molecule has 0 atom stereocenters. The van der Waals surface area contributed by atoms with E-state index < -0.39 is 17.8 Å². The first-order valence-corrected chi connectivity index (χ1v) is 10.5. The molecule has 0 saturated carbocycles. The molecule has 1 aliphatic rings. The number of benzene rings is 2. The van der Waals surface area contributed by atoms with E-state index in [0.717, 1.165) is 10.5 Å². The molecule has 1 N–H and O–H groups in total. The summed E-state index contributed by atoms with van der Waals surface area (Å²) in [7, 11) is 0. The quantitative estimate of drug-likeness (QED) is 0.360. The normalized spacial score (nSPS) is 15.0. The van der Waals surface area contributed by atoms with Gasteiger partial charge in [0.05, 0.1) is 18.9 Å². The molecule has 0 bridgehead atoms. The molecule has 166 valence electrons. The van der Waals surface area contributed by atoms with Gasteiger partial charge in [0.15, 0.2) is 11.5 Å². The average Bonchev–Trinajstić information content (AvgIpc) is 2.74. The summed E-state index contributed by atoms with van der Waals surface area (Å²) < 4.78 is 11.5. The fraction of sp³-hybridized carbons (Fsp3) is 0.208. The molecule has 4 amide bonds. The number of hydrogen-bond donors (Lipinski definition) is 1. The van der Waals surface area contributed by atoms with Crippen LogP contribution in [0.15, 0.2) is 54.6 Å². The van der Waals surface area contributed by atoms with E-state index in [0.29, 0.717) is 41.7 Å². The minimum Gasteiger partial charge on any atom is -0.490 e. The summed E-state index contributed by atoms with van der Waals surface area (Å²) in [5.41, 5.74) is 1.41. The summed E-state index contributed by atoms with van der Waals surface area (Å²) in [5.74, 6) is -0.452. The van der Waals surface area contributed by atoms with Gasteiger partial charge >= 0.3 is 6.03 Å². The molecule has 1 saturated heterocycles. The molecule has 0 aliphatic carbocycles. The van der Waals surface area contributed by atoms with E-state index in [-0.39, 0.29) is 11.3 Å². The lowest BCUT2D eigenvalue weighted by atomic mass is 10.0. The summed E-state index contributed by atoms with van der Waals surface area (Å²) >= 11 is 6.00. The lowest BCUT2D eigenvalue weighted by Crippen LogP contribution is -2.54. The highest BCUT2D eigenvalue weighted by atomic mass is 35.5. The van der Waals surface area contributed by atoms with Gasteiger partial charge in [0.25, 0.3) is 11.8 Å². The van der Waals surface area contributed by atoms with Crippen LogP contribution in [0, 0.1) is 0 Å². The highest BCUT2D eigenvalue weighted by Crippen LogP contribution is 2.35. The van der Waals surface area contributed by atoms with Gasteiger partial charge in [-0.2, -0.15) is 0 Å². The zero-order valence-electron chi connectivity index (χ0n) is 17.8. The number of urea groups is 1. The lowest BCUT2D eigenvalue weighted by Gasteiger charge is -2.26. The lowest BCUT2D eigenvalue weighted by molar-refractivity contribution is -0.122. The fourth-order valence-electron chi connectivity index (χ4n) is 3.32. The number of allylic oxidation sites excluding steroid dienone is 1. The first-order valence-electron chi connectivity index (χ1n) is 10.1. The van der Waals surface area contributed by atoms with Crippen molar-refractivity contribution in [1.29, 1.82) is 0 Å². The van der Waals surface area contributed by atoms with Crippen LogP contribution in [-0.4, -0.2) is 31.1 Å². The van der Waals surface area contributed by atoms with Gasteiger partial charge in [-0.3, -0.25) is 14.9 Å². The Morgan fingerprint density at radius 2 is 1.84 bits per heavy atom. The van der Waals surface area contributed by atoms with Crippen molar-refractivity contribution in [3.63, 3.8) is 0 Å². The highest BCUT2D eigenvalue weighted by molar-refractivity contribution is 6.39. The summed E-state index contributed by atoms with van der Waals surface area (Å²) in [6.07, 6.45) is 3.65. The molecule has 3 rings (SSSR count). The minimum absolute atomic E-state index is 0.194. The highest BCUT2D eigenvalue weighted by Gasteiger charge is 2.37. The van der Waals surface area contributed by atoms with Crippen LogP contribution in [0.1, 0.15) is 25.0 Å². The maximum atomic E-state index is 13.1. The number of rotatable bonds is 8. The van der Waals surface area contributed by atoms with E-state index in [9.17, 15) is 14.4 Å². The number of anilines is 1. The van der Waals surface area contributed by atoms with Crippen LogP contribution in [-0.2, 0) is 16.0 Å². The second kappa shape index (κ2) is 10.2. The molecule has 1 heterocycles. The number of nitrogens with zero attached hydrogens (tertiary/aromatic N) is 1. The number of hydrogen-bond acceptors (Lipinski definition) is 5. The molecule has 8 heteroatoms. The zero-order chi connectivity index (χ0) is 23.3. The van der Waals surface area contributed by atoms with Crippen molar-refractivity contribution in [2.75, 3.05) is 18.1 Å². The standard InChI is InChI=1S/C24H23ClN2O5/c1-4-8-16-11-15(13-20(31-5-2)21(16)32-6-3)12-19-22(28)26-24(30)27(23(19)29)18-10-7-9-17(25)14-18/h4,7,9-14H,1,5-6,8H2,2-3H3,(H,26,28,30)/b19-12+. The number of imide groups is 2. The Bertz CT molecular complexity index is 1110. The zero-order valence-corrected chi connectivity index (χ0v) is 18.6. The molecule has 1 fully saturated rings. The first-order chi connectivity index (χ1) is 15.4. The molecule has 32 heavy (non-hydrogen) atoms. The van der Waals surface area contributed by atoms with Crippen LogP contribution < -0.4 is 19.7 Å². The number of ether oxygens (including phenoxy) is 2. The van der Waals surface area contributed by atoms with Crippen molar-refractivity contribution >= 4 is 41.2 Å². The molecule has 0 spiro atoms. The molecule has 0 radical (unpaired) electrons. The SMILES string of the molecule is C=CCc1cc(/C=C2\C(=O)NC(=O)N(c3cccc(Cl)c3)C2=O)cc(OCC)c1OCC. The van der Waals surface area contributed by atoms with E-state index in [4.69, 9.17) is 21.1 Å². The Morgan fingerprint density at radius 3 is 2.50 bits per heavy atom. The van der Waals surface area contributed by atoms with Gasteiger partial charge in [-0.15, -0.1) is 6.58 Å². The summed E-state index contributed by atoms with van der Waals surface area (Å²) in [4.78, 5) is 38.9. The maximum Gasteiger partial charge on any atom is 0.335 e. The number of nitrogens with one attached hydrogen (secondary N) is 1. The number of carbonyl (C=O) groups excluding carboxylic acids is 3. The van der Waals surface area contributed by atoms with Crippen LogP contribution in [0.5, 0.6) is 11.5 Å². The third-order valence-corrected chi connectivity index (χ3v) is 4.82. The number of barbiturate groups is 1. The number of halogens is 1. The van der Waals surface area contributed by atoms with E-state index in [1.807, 2.05) is 13.8 Å². The first kappa shape index (κ1) is 23.1. The smallest absolute Gasteiger partial charge is 0.335 e. The Hall–Kier alpha value is -3.58. The summed E-state index contributed by atoms with van der Waals surface area (Å²) in [6, 6.07) is 8.91. The molecule has 1 aliphatic heterocycles. The molecule has 7 nitrogen and oxygen atoms in total. The topological polar surface area (TPSA) is 84.9 Å². The third-order valence-electron chi connectivity index (χ3n) is 4.59. The van der Waals surface area contributed by atoms with Crippen molar-refractivity contribution in [1.82, 2.24) is 5.32 Å². The molecule has 2 aromatic carbocycles. The van der Waals surface area contributed by atoms with Crippen LogP contribution >= 0.6 is 11.6 Å². The van der Waals surface area contributed by atoms with Gasteiger partial charge in [0.2, 0.25) is 0 Å². The fourth-order valence-corrected chi connectivity index (χ4v) is 3.50. The van der Waals surface area contributed by atoms with Crippen LogP contribution in [0.2, 0.25) is 5.02 Å². The predicted molar refractivity (Wildman–Crippen MR) is 123 cm³/mol. The summed E-state index contributed by atoms with van der Waals surface area (Å²) in [5, 5.41) is 2.56. The van der Waals surface area contributed by atoms with E-state index in [1.54, 1.807) is 36.4 Å². The Balaban J connectivity index is 2.08. The van der Waals surface area contributed by atoms with Gasteiger partial charge in [0, 0.05) is 10.6 Å². The van der Waals surface area contributed by atoms with Crippen LogP contribution in [0.25, 0.3) is 6.08 Å². The largest absolute Gasteiger partial charge is 0.490 e. The van der Waals surface area contributed by atoms with Crippen molar-refractivity contribution in [3.05, 3.63) is 70.8 Å². The molecule has 2 aromatic rings. The second-order valence-corrected chi connectivity index (χ2v) is 7.24. The Morgan fingerprint density at radius 1 is 1.09 bits per heavy atom. The average molecular weight is 455 g/mol. The van der Waals surface area contributed by atoms with Gasteiger partial charge in [0.1, 0.15) is 5.57 Å². The van der Waals surface area contributed by atoms with Gasteiger partial charge in [-0.25, -0.2) is 9.69 Å². The van der Waals surface area contributed by atoms with Crippen molar-refractivity contribution in [2.45, 2.75) is 20.3 Å². The number of amides is 4. The molecule has 0 unspecified atom stereocenters. The van der Waals surface area contributed by atoms with Gasteiger partial charge in [-0.1, -0.05) is 23.7 Å². The number of carbonyl (C=O) groups is 3. The van der Waals surface area contributed by atoms with Gasteiger partial charge in [-0.05, 0) is 62.2 Å². The molecular weight excluding hydrogens is 432 g/mol. The summed E-state index contributed by atoms with van der Waals surface area (Å²) in [6.45, 7) is 8.35. The minimum atomic E-state index is -0.839. The Kier molecular flexibility index (Phi) is 7.33. The maximum absolute atomic E-state index is 13.1. The third kappa shape index (κ3) is 4.84. The van der Waals surface area contributed by atoms with Crippen molar-refractivity contribution < 1.29 is 23.9 Å². The second-order valence-electron chi connectivity index (χ2n) is 6.80.